The van der Waals surface area contributed by atoms with Gasteiger partial charge in [-0.15, -0.1) is 0 Å². The van der Waals surface area contributed by atoms with E-state index in [1.807, 2.05) is 32.9 Å². The van der Waals surface area contributed by atoms with Crippen LogP contribution >= 0.6 is 0 Å². The number of nitrogens with zero attached hydrogens (tertiary/aromatic N) is 3. The molecule has 0 spiro atoms. The fraction of sp³-hybridized carbons (Fsp3) is 0.438. The average molecular weight is 529 g/mol. The van der Waals surface area contributed by atoms with Crippen LogP contribution in [0.2, 0.25) is 0 Å². The molecule has 1 N–H and O–H groups in total. The maximum Gasteiger partial charge on any atom is 0.331 e. The number of rotatable bonds is 3. The second-order valence-electron chi connectivity index (χ2n) is 12.2. The largest absolute Gasteiger partial charge is 0.457 e. The molecular weight excluding hydrogens is 491 g/mol. The number of hydrogen-bond acceptors (Lipinski definition) is 6. The molecule has 1 aromatic carbocycles. The van der Waals surface area contributed by atoms with Crippen LogP contribution < -0.4 is 5.43 Å². The number of nitrogens with one attached hydrogen (secondary N) is 1. The number of hydrazone groups is 1. The van der Waals surface area contributed by atoms with E-state index in [0.717, 1.165) is 85.4 Å². The predicted octanol–water partition coefficient (Wildman–Crippen LogP) is 5.54. The number of likely N-dealkylation sites (N-methyl/N-ethyl adjacent to an activating group) is 1. The van der Waals surface area contributed by atoms with Crippen molar-refractivity contribution in [1.29, 1.82) is 0 Å². The standard InChI is InChI=1S/C32H37FN4O2/c1-32(2,3)39-29(38)15-20-5-8-24(9-6-20)37-13-11-21(12-14-37)26-18-36(4)19-27-25-17-23(33)16-22-7-10-28(30(22)25)34-35-31(26)27/h7,10-11,15-17,19,24,35H,5-6,8-9,12-14,18H2,1-4H3. The van der Waals surface area contributed by atoms with Gasteiger partial charge in [0.15, 0.2) is 0 Å². The van der Waals surface area contributed by atoms with Gasteiger partial charge >= 0.3 is 5.97 Å². The van der Waals surface area contributed by atoms with Crippen LogP contribution in [0.3, 0.4) is 0 Å². The van der Waals surface area contributed by atoms with Crippen LogP contribution in [0, 0.1) is 5.82 Å². The minimum absolute atomic E-state index is 0.226. The first-order valence-corrected chi connectivity index (χ1v) is 14.0. The van der Waals surface area contributed by atoms with Crippen molar-refractivity contribution in [3.8, 4) is 0 Å². The number of ether oxygens (including phenoxy) is 1. The number of carbonyl (C=O) groups excluding carboxylic acids is 1. The van der Waals surface area contributed by atoms with Crippen molar-refractivity contribution in [3.63, 3.8) is 0 Å². The van der Waals surface area contributed by atoms with E-state index in [4.69, 9.17) is 9.84 Å². The predicted molar refractivity (Wildman–Crippen MR) is 153 cm³/mol. The molecule has 1 fully saturated rings. The molecule has 0 amide bonds. The van der Waals surface area contributed by atoms with Crippen LogP contribution in [0.25, 0.3) is 11.6 Å². The Morgan fingerprint density at radius 1 is 1.18 bits per heavy atom. The monoisotopic (exact) mass is 528 g/mol. The third kappa shape index (κ3) is 5.24. The normalized spacial score (nSPS) is 22.8. The molecule has 0 bridgehead atoms. The Balaban J connectivity index is 1.18. The van der Waals surface area contributed by atoms with Gasteiger partial charge in [0.25, 0.3) is 0 Å². The van der Waals surface area contributed by atoms with Crippen molar-refractivity contribution in [2.24, 2.45) is 5.10 Å². The summed E-state index contributed by atoms with van der Waals surface area (Å²) in [6.07, 6.45) is 15.1. The third-order valence-corrected chi connectivity index (χ3v) is 8.19. The molecule has 5 aliphatic rings. The van der Waals surface area contributed by atoms with Gasteiger partial charge in [-0.2, -0.15) is 5.10 Å². The zero-order valence-corrected chi connectivity index (χ0v) is 23.3. The Morgan fingerprint density at radius 2 is 1.97 bits per heavy atom. The third-order valence-electron chi connectivity index (χ3n) is 8.19. The Bertz CT molecular complexity index is 1400. The summed E-state index contributed by atoms with van der Waals surface area (Å²) < 4.78 is 20.0. The zero-order chi connectivity index (χ0) is 27.3. The molecule has 6 nitrogen and oxygen atoms in total. The van der Waals surface area contributed by atoms with E-state index >= 15 is 0 Å². The van der Waals surface area contributed by atoms with Crippen LogP contribution in [0.1, 0.15) is 69.6 Å². The van der Waals surface area contributed by atoms with E-state index in [1.165, 1.54) is 16.7 Å². The molecule has 1 saturated carbocycles. The highest BCUT2D eigenvalue weighted by molar-refractivity contribution is 6.20. The van der Waals surface area contributed by atoms with Gasteiger partial charge in [0.2, 0.25) is 0 Å². The molecule has 204 valence electrons. The van der Waals surface area contributed by atoms with Gasteiger partial charge in [0, 0.05) is 61.7 Å². The van der Waals surface area contributed by atoms with Crippen LogP contribution in [0.4, 0.5) is 4.39 Å². The number of carbonyl (C=O) groups is 1. The molecule has 6 rings (SSSR count). The molecular formula is C32H37FN4O2. The Labute approximate surface area is 230 Å². The Morgan fingerprint density at radius 3 is 2.69 bits per heavy atom. The van der Waals surface area contributed by atoms with Gasteiger partial charge in [-0.25, -0.2) is 9.18 Å². The molecule has 39 heavy (non-hydrogen) atoms. The number of allylic oxidation sites excluding steroid dienone is 3. The first-order valence-electron chi connectivity index (χ1n) is 14.0. The van der Waals surface area contributed by atoms with Crippen molar-refractivity contribution in [3.05, 3.63) is 81.5 Å². The maximum atomic E-state index is 14.6. The molecule has 1 aromatic rings. The van der Waals surface area contributed by atoms with Gasteiger partial charge in [0.05, 0.1) is 11.4 Å². The summed E-state index contributed by atoms with van der Waals surface area (Å²) in [5.74, 6) is -0.454. The fourth-order valence-corrected chi connectivity index (χ4v) is 6.41. The summed E-state index contributed by atoms with van der Waals surface area (Å²) in [6.45, 7) is 8.41. The molecule has 7 heteroatoms. The average Bonchev–Trinajstić information content (AvgIpc) is 3.21. The highest BCUT2D eigenvalue weighted by Crippen LogP contribution is 2.40. The van der Waals surface area contributed by atoms with Gasteiger partial charge in [-0.05, 0) is 87.8 Å². The van der Waals surface area contributed by atoms with E-state index in [-0.39, 0.29) is 11.8 Å². The van der Waals surface area contributed by atoms with E-state index in [9.17, 15) is 9.18 Å². The summed E-state index contributed by atoms with van der Waals surface area (Å²) in [7, 11) is 2.08. The minimum atomic E-state index is -0.459. The number of halogens is 1. The lowest BCUT2D eigenvalue weighted by Gasteiger charge is -2.38. The van der Waals surface area contributed by atoms with E-state index in [2.05, 4.69) is 34.5 Å². The first-order chi connectivity index (χ1) is 18.6. The smallest absolute Gasteiger partial charge is 0.331 e. The molecule has 0 saturated heterocycles. The van der Waals surface area contributed by atoms with Crippen molar-refractivity contribution in [2.45, 2.75) is 64.5 Å². The molecule has 0 radical (unpaired) electrons. The molecule has 0 atom stereocenters. The molecule has 2 aliphatic carbocycles. The van der Waals surface area contributed by atoms with Crippen molar-refractivity contribution < 1.29 is 13.9 Å². The van der Waals surface area contributed by atoms with Gasteiger partial charge in [-0.1, -0.05) is 17.7 Å². The lowest BCUT2D eigenvalue weighted by Crippen LogP contribution is -2.40. The van der Waals surface area contributed by atoms with E-state index < -0.39 is 5.60 Å². The fourth-order valence-electron chi connectivity index (χ4n) is 6.41. The highest BCUT2D eigenvalue weighted by atomic mass is 19.1. The Hall–Kier alpha value is -3.45. The van der Waals surface area contributed by atoms with Crippen LogP contribution in [-0.2, 0) is 9.53 Å². The molecule has 3 heterocycles. The number of esters is 1. The topological polar surface area (TPSA) is 57.2 Å². The molecule has 3 aliphatic heterocycles. The highest BCUT2D eigenvalue weighted by Gasteiger charge is 2.32. The lowest BCUT2D eigenvalue weighted by atomic mass is 9.86. The quantitative estimate of drug-likeness (QED) is 0.412. The van der Waals surface area contributed by atoms with Gasteiger partial charge in [-0.3, -0.25) is 10.3 Å². The summed E-state index contributed by atoms with van der Waals surface area (Å²) in [4.78, 5) is 17.0. The second-order valence-corrected chi connectivity index (χ2v) is 12.2. The minimum Gasteiger partial charge on any atom is -0.457 e. The maximum absolute atomic E-state index is 14.6. The van der Waals surface area contributed by atoms with Crippen molar-refractivity contribution >= 4 is 23.3 Å². The van der Waals surface area contributed by atoms with Crippen molar-refractivity contribution in [1.82, 2.24) is 15.2 Å². The summed E-state index contributed by atoms with van der Waals surface area (Å²) >= 11 is 0. The SMILES string of the molecule is CN1C=C2C(=C(C3=CCN(C4CCC(=CC(=O)OC(C)(C)C)CC4)CC3)C1)NN=C1C=Cc3cc(F)cc2c31. The molecule has 0 aromatic heterocycles. The number of fused-ring (bicyclic) bond motifs is 2. The molecule has 0 unspecified atom stereocenters. The second kappa shape index (κ2) is 9.94. The first kappa shape index (κ1) is 25.8. The Kier molecular flexibility index (Phi) is 6.58. The van der Waals surface area contributed by atoms with Gasteiger partial charge < -0.3 is 9.64 Å². The zero-order valence-electron chi connectivity index (χ0n) is 23.3. The van der Waals surface area contributed by atoms with Crippen LogP contribution in [-0.4, -0.2) is 59.8 Å². The summed E-state index contributed by atoms with van der Waals surface area (Å²) in [5.41, 5.74) is 12.3. The van der Waals surface area contributed by atoms with Crippen molar-refractivity contribution in [2.75, 3.05) is 26.7 Å². The van der Waals surface area contributed by atoms with Gasteiger partial charge in [0.1, 0.15) is 11.4 Å². The van der Waals surface area contributed by atoms with Crippen LogP contribution in [0.15, 0.2) is 64.1 Å². The van der Waals surface area contributed by atoms with Crippen LogP contribution in [0.5, 0.6) is 0 Å². The summed E-state index contributed by atoms with van der Waals surface area (Å²) in [6, 6.07) is 3.75. The number of hydrogen-bond donors (Lipinski definition) is 1. The lowest BCUT2D eigenvalue weighted by molar-refractivity contribution is -0.148. The van der Waals surface area contributed by atoms with E-state index in [1.54, 1.807) is 18.2 Å². The summed E-state index contributed by atoms with van der Waals surface area (Å²) in [5, 5.41) is 4.72. The number of benzene rings is 1. The van der Waals surface area contributed by atoms with E-state index in [0.29, 0.717) is 6.04 Å².